The number of carbonyl (C=O) groups excluding carboxylic acids is 3. The molecule has 70 heavy (non-hydrogen) atoms. The summed E-state index contributed by atoms with van der Waals surface area (Å²) in [6.45, 7) is 6.48. The van der Waals surface area contributed by atoms with Crippen molar-refractivity contribution in [2.75, 3.05) is 13.2 Å². The summed E-state index contributed by atoms with van der Waals surface area (Å²) in [5, 5.41) is 0. The van der Waals surface area contributed by atoms with E-state index in [-0.39, 0.29) is 31.1 Å². The SMILES string of the molecule is CC\C=C/C=C\C=C/C=C\CCCCCCCC(=O)OCC(COC(=O)CCCCCCCCCCCCCCCCCCCCC)OC(=O)CCCCCCC\C=C/C=C\C=C/CCCCCCC. The van der Waals surface area contributed by atoms with Crippen molar-refractivity contribution >= 4 is 17.9 Å². The Labute approximate surface area is 433 Å². The first-order valence-corrected chi connectivity index (χ1v) is 29.7. The van der Waals surface area contributed by atoms with Gasteiger partial charge in [-0.2, -0.15) is 0 Å². The van der Waals surface area contributed by atoms with Crippen LogP contribution in [0.4, 0.5) is 0 Å². The van der Waals surface area contributed by atoms with Gasteiger partial charge in [-0.25, -0.2) is 0 Å². The van der Waals surface area contributed by atoms with Crippen molar-refractivity contribution < 1.29 is 28.6 Å². The molecule has 0 fully saturated rings. The Hall–Kier alpha value is -3.41. The van der Waals surface area contributed by atoms with Crippen molar-refractivity contribution in [2.24, 2.45) is 0 Å². The molecule has 402 valence electrons. The molecule has 0 aliphatic rings. The van der Waals surface area contributed by atoms with Gasteiger partial charge >= 0.3 is 17.9 Å². The van der Waals surface area contributed by atoms with Crippen LogP contribution in [-0.4, -0.2) is 37.2 Å². The smallest absolute Gasteiger partial charge is 0.306 e. The van der Waals surface area contributed by atoms with Gasteiger partial charge < -0.3 is 14.2 Å². The van der Waals surface area contributed by atoms with Crippen LogP contribution in [0.3, 0.4) is 0 Å². The second-order valence-electron chi connectivity index (χ2n) is 19.7. The maximum Gasteiger partial charge on any atom is 0.306 e. The molecule has 0 aromatic heterocycles. The van der Waals surface area contributed by atoms with Crippen LogP contribution >= 0.6 is 0 Å². The van der Waals surface area contributed by atoms with E-state index in [1.54, 1.807) is 0 Å². The first kappa shape index (κ1) is 66.6. The highest BCUT2D eigenvalue weighted by Crippen LogP contribution is 2.16. The molecule has 0 heterocycles. The van der Waals surface area contributed by atoms with Gasteiger partial charge in [0.2, 0.25) is 0 Å². The summed E-state index contributed by atoms with van der Waals surface area (Å²) < 4.78 is 16.9. The van der Waals surface area contributed by atoms with Crippen LogP contribution in [0.1, 0.15) is 284 Å². The van der Waals surface area contributed by atoms with E-state index < -0.39 is 6.10 Å². The zero-order valence-electron chi connectivity index (χ0n) is 46.0. The van der Waals surface area contributed by atoms with Crippen LogP contribution in [0, 0.1) is 0 Å². The summed E-state index contributed by atoms with van der Waals surface area (Å²) in [6.07, 6.45) is 75.7. The number of hydrogen-bond donors (Lipinski definition) is 0. The molecule has 6 nitrogen and oxygen atoms in total. The molecule has 0 saturated heterocycles. The number of hydrogen-bond acceptors (Lipinski definition) is 6. The molecular formula is C64H110O6. The Kier molecular flexibility index (Phi) is 55.3. The van der Waals surface area contributed by atoms with Gasteiger partial charge in [-0.05, 0) is 64.2 Å². The third kappa shape index (κ3) is 55.5. The third-order valence-corrected chi connectivity index (χ3v) is 12.8. The monoisotopic (exact) mass is 975 g/mol. The molecule has 0 aromatic carbocycles. The Morgan fingerprint density at radius 3 is 0.871 bits per heavy atom. The van der Waals surface area contributed by atoms with Gasteiger partial charge in [-0.3, -0.25) is 14.4 Å². The van der Waals surface area contributed by atoms with Crippen LogP contribution < -0.4 is 0 Å². The molecule has 0 aliphatic carbocycles. The van der Waals surface area contributed by atoms with Gasteiger partial charge in [0.25, 0.3) is 0 Å². The normalized spacial score (nSPS) is 12.7. The van der Waals surface area contributed by atoms with Gasteiger partial charge in [-0.15, -0.1) is 0 Å². The Morgan fingerprint density at radius 1 is 0.300 bits per heavy atom. The Morgan fingerprint density at radius 2 is 0.557 bits per heavy atom. The lowest BCUT2D eigenvalue weighted by molar-refractivity contribution is -0.167. The van der Waals surface area contributed by atoms with Crippen molar-refractivity contribution in [3.8, 4) is 0 Å². The minimum absolute atomic E-state index is 0.0909. The largest absolute Gasteiger partial charge is 0.462 e. The summed E-state index contributed by atoms with van der Waals surface area (Å²) in [5.41, 5.74) is 0. The highest BCUT2D eigenvalue weighted by atomic mass is 16.6. The molecule has 0 N–H and O–H groups in total. The van der Waals surface area contributed by atoms with E-state index in [1.165, 1.54) is 135 Å². The highest BCUT2D eigenvalue weighted by Gasteiger charge is 2.19. The molecule has 1 atom stereocenters. The zero-order valence-corrected chi connectivity index (χ0v) is 46.0. The minimum Gasteiger partial charge on any atom is -0.462 e. The summed E-state index contributed by atoms with van der Waals surface area (Å²) in [6, 6.07) is 0. The van der Waals surface area contributed by atoms with Crippen molar-refractivity contribution in [1.82, 2.24) is 0 Å². The van der Waals surface area contributed by atoms with Gasteiger partial charge in [0.15, 0.2) is 6.10 Å². The Bertz CT molecular complexity index is 1350. The molecule has 0 aliphatic heterocycles. The van der Waals surface area contributed by atoms with E-state index in [9.17, 15) is 14.4 Å². The zero-order chi connectivity index (χ0) is 50.7. The van der Waals surface area contributed by atoms with Gasteiger partial charge in [-0.1, -0.05) is 286 Å². The van der Waals surface area contributed by atoms with E-state index in [1.807, 2.05) is 18.2 Å². The van der Waals surface area contributed by atoms with Crippen LogP contribution in [0.15, 0.2) is 85.1 Å². The van der Waals surface area contributed by atoms with Crippen LogP contribution in [-0.2, 0) is 28.6 Å². The topological polar surface area (TPSA) is 78.9 Å². The lowest BCUT2D eigenvalue weighted by Crippen LogP contribution is -2.30. The predicted octanol–water partition coefficient (Wildman–Crippen LogP) is 19.9. The minimum atomic E-state index is -0.797. The molecule has 0 radical (unpaired) electrons. The van der Waals surface area contributed by atoms with Gasteiger partial charge in [0.1, 0.15) is 13.2 Å². The van der Waals surface area contributed by atoms with E-state index in [0.717, 1.165) is 109 Å². The quantitative estimate of drug-likeness (QED) is 0.0261. The van der Waals surface area contributed by atoms with Gasteiger partial charge in [0.05, 0.1) is 0 Å². The van der Waals surface area contributed by atoms with Crippen molar-refractivity contribution in [3.63, 3.8) is 0 Å². The van der Waals surface area contributed by atoms with Gasteiger partial charge in [0, 0.05) is 19.3 Å². The third-order valence-electron chi connectivity index (χ3n) is 12.8. The number of allylic oxidation sites excluding steroid dienone is 14. The summed E-state index contributed by atoms with van der Waals surface area (Å²) in [4.78, 5) is 38.2. The van der Waals surface area contributed by atoms with E-state index in [0.29, 0.717) is 19.3 Å². The number of ether oxygens (including phenoxy) is 3. The molecule has 1 unspecified atom stereocenters. The molecule has 0 rings (SSSR count). The van der Waals surface area contributed by atoms with Crippen LogP contribution in [0.5, 0.6) is 0 Å². The fourth-order valence-electron chi connectivity index (χ4n) is 8.34. The van der Waals surface area contributed by atoms with Crippen molar-refractivity contribution in [2.45, 2.75) is 290 Å². The van der Waals surface area contributed by atoms with E-state index in [2.05, 4.69) is 87.6 Å². The average molecular weight is 976 g/mol. The summed E-state index contributed by atoms with van der Waals surface area (Å²) in [5.74, 6) is -0.926. The molecule has 0 aromatic rings. The number of unbranched alkanes of at least 4 members (excludes halogenated alkanes) is 33. The van der Waals surface area contributed by atoms with E-state index >= 15 is 0 Å². The van der Waals surface area contributed by atoms with E-state index in [4.69, 9.17) is 14.2 Å². The molecule has 0 bridgehead atoms. The second-order valence-corrected chi connectivity index (χ2v) is 19.7. The number of esters is 3. The summed E-state index contributed by atoms with van der Waals surface area (Å²) >= 11 is 0. The highest BCUT2D eigenvalue weighted by molar-refractivity contribution is 5.71. The van der Waals surface area contributed by atoms with Crippen molar-refractivity contribution in [3.05, 3.63) is 85.1 Å². The number of carbonyl (C=O) groups is 3. The fourth-order valence-corrected chi connectivity index (χ4v) is 8.34. The standard InChI is InChI=1S/C64H110O6/c1-4-7-10-13-16-19-22-25-28-30-32-34-36-39-42-45-48-51-54-57-63(66)69-60-61(59-68-62(65)56-53-50-47-44-41-38-35-27-24-21-18-15-12-9-6-3)70-64(67)58-55-52-49-46-43-40-37-33-31-29-26-23-20-17-14-11-8-5-2/h9,12,15,18,21,23-24,26-27,29,31,33,35,37,61H,4-8,10-11,13-14,16-17,19-20,22,25,28,30,32,34,36,38-60H2,1-3H3/b12-9-,18-15-,24-21-,26-23-,31-29-,35-27-,37-33-. The molecule has 0 spiro atoms. The first-order chi connectivity index (χ1) is 34.5. The maximum atomic E-state index is 12.9. The molecule has 6 heteroatoms. The second kappa shape index (κ2) is 58.2. The van der Waals surface area contributed by atoms with Crippen LogP contribution in [0.2, 0.25) is 0 Å². The van der Waals surface area contributed by atoms with Crippen molar-refractivity contribution in [1.29, 1.82) is 0 Å². The lowest BCUT2D eigenvalue weighted by Gasteiger charge is -2.18. The maximum absolute atomic E-state index is 12.9. The average Bonchev–Trinajstić information content (AvgIpc) is 3.36. The fraction of sp³-hybridized carbons (Fsp3) is 0.734. The molecular weight excluding hydrogens is 865 g/mol. The predicted molar refractivity (Wildman–Crippen MR) is 302 cm³/mol. The number of rotatable bonds is 53. The molecule has 0 saturated carbocycles. The van der Waals surface area contributed by atoms with Crippen LogP contribution in [0.25, 0.3) is 0 Å². The Balaban J connectivity index is 4.43. The summed E-state index contributed by atoms with van der Waals surface area (Å²) in [7, 11) is 0. The first-order valence-electron chi connectivity index (χ1n) is 29.7. The lowest BCUT2D eigenvalue weighted by atomic mass is 10.0. The molecule has 0 amide bonds.